The highest BCUT2D eigenvalue weighted by molar-refractivity contribution is 7.98. The van der Waals surface area contributed by atoms with Gasteiger partial charge in [0, 0.05) is 17.1 Å². The van der Waals surface area contributed by atoms with Crippen molar-refractivity contribution in [2.24, 2.45) is 0 Å². The van der Waals surface area contributed by atoms with Gasteiger partial charge >= 0.3 is 0 Å². The fourth-order valence-electron chi connectivity index (χ4n) is 2.56. The maximum absolute atomic E-state index is 4.58. The Balaban J connectivity index is 1.58. The van der Waals surface area contributed by atoms with Crippen LogP contribution in [0.1, 0.15) is 5.56 Å². The second kappa shape index (κ2) is 9.01. The van der Waals surface area contributed by atoms with E-state index < -0.39 is 0 Å². The predicted octanol–water partition coefficient (Wildman–Crippen LogP) is 5.65. The number of hydrogen-bond donors (Lipinski definition) is 2. The van der Waals surface area contributed by atoms with Gasteiger partial charge in [-0.2, -0.15) is 15.0 Å². The molecular weight excluding hydrogens is 366 g/mol. The first-order chi connectivity index (χ1) is 13.8. The topological polar surface area (TPSA) is 62.7 Å². The van der Waals surface area contributed by atoms with Crippen LogP contribution in [0.5, 0.6) is 0 Å². The quantitative estimate of drug-likeness (QED) is 0.401. The number of nitrogens with one attached hydrogen (secondary N) is 2. The molecule has 0 aliphatic heterocycles. The number of benzene rings is 3. The van der Waals surface area contributed by atoms with Crippen molar-refractivity contribution in [3.8, 4) is 0 Å². The van der Waals surface area contributed by atoms with Crippen molar-refractivity contribution in [2.45, 2.75) is 10.9 Å². The molecule has 4 aromatic rings. The Morgan fingerprint density at radius 1 is 0.571 bits per heavy atom. The standard InChI is InChI=1S/C22H19N5S/c1-4-10-17(11-5-1)16-28-22-26-20(23-18-12-6-2-7-13-18)25-21(27-22)24-19-14-8-3-9-15-19/h1-15H,16H2,(H2,23,24,25,26,27). The van der Waals surface area contributed by atoms with Gasteiger partial charge in [-0.15, -0.1) is 0 Å². The third-order valence-electron chi connectivity index (χ3n) is 3.89. The summed E-state index contributed by atoms with van der Waals surface area (Å²) in [6, 6.07) is 30.0. The maximum atomic E-state index is 4.58. The summed E-state index contributed by atoms with van der Waals surface area (Å²) in [6.45, 7) is 0. The average Bonchev–Trinajstić information content (AvgIpc) is 2.74. The van der Waals surface area contributed by atoms with E-state index in [-0.39, 0.29) is 0 Å². The summed E-state index contributed by atoms with van der Waals surface area (Å²) in [5.41, 5.74) is 3.08. The molecule has 0 radical (unpaired) electrons. The summed E-state index contributed by atoms with van der Waals surface area (Å²) in [7, 11) is 0. The lowest BCUT2D eigenvalue weighted by Gasteiger charge is -2.10. The molecule has 5 nitrogen and oxygen atoms in total. The van der Waals surface area contributed by atoms with E-state index in [0.717, 1.165) is 17.1 Å². The number of aromatic nitrogens is 3. The summed E-state index contributed by atoms with van der Waals surface area (Å²) in [4.78, 5) is 13.7. The lowest BCUT2D eigenvalue weighted by Crippen LogP contribution is -2.05. The molecule has 0 saturated carbocycles. The van der Waals surface area contributed by atoms with Gasteiger partial charge in [-0.25, -0.2) is 0 Å². The van der Waals surface area contributed by atoms with Gasteiger partial charge in [0.05, 0.1) is 0 Å². The van der Waals surface area contributed by atoms with Crippen molar-refractivity contribution in [3.05, 3.63) is 96.6 Å². The van der Waals surface area contributed by atoms with Crippen LogP contribution in [0.15, 0.2) is 96.2 Å². The Bertz CT molecular complexity index is 951. The number of para-hydroxylation sites is 2. The molecule has 0 unspecified atom stereocenters. The second-order valence-corrected chi connectivity index (χ2v) is 6.96. The van der Waals surface area contributed by atoms with Crippen molar-refractivity contribution in [3.63, 3.8) is 0 Å². The molecule has 138 valence electrons. The fraction of sp³-hybridized carbons (Fsp3) is 0.0455. The van der Waals surface area contributed by atoms with Gasteiger partial charge in [0.15, 0.2) is 5.16 Å². The lowest BCUT2D eigenvalue weighted by atomic mass is 10.2. The lowest BCUT2D eigenvalue weighted by molar-refractivity contribution is 0.920. The molecular formula is C22H19N5S. The minimum absolute atomic E-state index is 0.509. The number of thioether (sulfide) groups is 1. The molecule has 0 aliphatic rings. The van der Waals surface area contributed by atoms with E-state index in [4.69, 9.17) is 0 Å². The Hall–Kier alpha value is -3.38. The third-order valence-corrected chi connectivity index (χ3v) is 4.80. The van der Waals surface area contributed by atoms with Crippen LogP contribution in [-0.2, 0) is 5.75 Å². The van der Waals surface area contributed by atoms with E-state index in [0.29, 0.717) is 17.1 Å². The second-order valence-electron chi connectivity index (χ2n) is 6.02. The maximum Gasteiger partial charge on any atom is 0.233 e. The molecule has 0 spiro atoms. The number of nitrogens with zero attached hydrogens (tertiary/aromatic N) is 3. The van der Waals surface area contributed by atoms with E-state index in [1.807, 2.05) is 78.9 Å². The molecule has 1 aromatic heterocycles. The number of hydrogen-bond acceptors (Lipinski definition) is 6. The molecule has 6 heteroatoms. The molecule has 3 aromatic carbocycles. The van der Waals surface area contributed by atoms with Crippen LogP contribution < -0.4 is 10.6 Å². The third kappa shape index (κ3) is 5.08. The summed E-state index contributed by atoms with van der Waals surface area (Å²) in [6.07, 6.45) is 0. The van der Waals surface area contributed by atoms with Crippen LogP contribution in [0.4, 0.5) is 23.3 Å². The molecule has 0 aliphatic carbocycles. The largest absolute Gasteiger partial charge is 0.324 e. The van der Waals surface area contributed by atoms with Crippen LogP contribution in [0.2, 0.25) is 0 Å². The predicted molar refractivity (Wildman–Crippen MR) is 115 cm³/mol. The molecule has 0 saturated heterocycles. The first-order valence-corrected chi connectivity index (χ1v) is 9.91. The zero-order valence-electron chi connectivity index (χ0n) is 15.1. The van der Waals surface area contributed by atoms with Crippen molar-refractivity contribution >= 4 is 35.0 Å². The monoisotopic (exact) mass is 385 g/mol. The van der Waals surface area contributed by atoms with Crippen LogP contribution in [0.25, 0.3) is 0 Å². The van der Waals surface area contributed by atoms with Gasteiger partial charge in [0.2, 0.25) is 11.9 Å². The number of anilines is 4. The summed E-state index contributed by atoms with van der Waals surface area (Å²) in [5, 5.41) is 7.17. The van der Waals surface area contributed by atoms with Gasteiger partial charge < -0.3 is 10.6 Å². The first-order valence-electron chi connectivity index (χ1n) is 8.92. The normalized spacial score (nSPS) is 10.4. The zero-order chi connectivity index (χ0) is 19.0. The van der Waals surface area contributed by atoms with E-state index in [9.17, 15) is 0 Å². The minimum atomic E-state index is 0.509. The van der Waals surface area contributed by atoms with Crippen LogP contribution in [0, 0.1) is 0 Å². The molecule has 28 heavy (non-hydrogen) atoms. The molecule has 4 rings (SSSR count). The fourth-order valence-corrected chi connectivity index (χ4v) is 3.35. The van der Waals surface area contributed by atoms with Gasteiger partial charge in [-0.05, 0) is 29.8 Å². The SMILES string of the molecule is c1ccc(CSc2nc(Nc3ccccc3)nc(Nc3ccccc3)n2)cc1. The van der Waals surface area contributed by atoms with Crippen molar-refractivity contribution in [2.75, 3.05) is 10.6 Å². The highest BCUT2D eigenvalue weighted by atomic mass is 32.2. The highest BCUT2D eigenvalue weighted by Gasteiger charge is 2.09. The van der Waals surface area contributed by atoms with Crippen molar-refractivity contribution in [1.29, 1.82) is 0 Å². The van der Waals surface area contributed by atoms with Crippen LogP contribution in [-0.4, -0.2) is 15.0 Å². The van der Waals surface area contributed by atoms with Gasteiger partial charge in [0.25, 0.3) is 0 Å². The van der Waals surface area contributed by atoms with E-state index in [2.05, 4.69) is 37.7 Å². The van der Waals surface area contributed by atoms with Crippen molar-refractivity contribution < 1.29 is 0 Å². The van der Waals surface area contributed by atoms with Gasteiger partial charge in [-0.1, -0.05) is 78.5 Å². The molecule has 1 heterocycles. The Kier molecular flexibility index (Phi) is 5.80. The molecule has 2 N–H and O–H groups in total. The van der Waals surface area contributed by atoms with Gasteiger partial charge in [0.1, 0.15) is 0 Å². The van der Waals surface area contributed by atoms with Gasteiger partial charge in [-0.3, -0.25) is 0 Å². The highest BCUT2D eigenvalue weighted by Crippen LogP contribution is 2.24. The Morgan fingerprint density at radius 2 is 1.04 bits per heavy atom. The molecule has 0 bridgehead atoms. The molecule has 0 amide bonds. The molecule has 0 fully saturated rings. The van der Waals surface area contributed by atoms with E-state index in [1.54, 1.807) is 11.8 Å². The molecule has 0 atom stereocenters. The summed E-state index contributed by atoms with van der Waals surface area (Å²) in [5.74, 6) is 1.81. The zero-order valence-corrected chi connectivity index (χ0v) is 15.9. The Labute approximate surface area is 168 Å². The summed E-state index contributed by atoms with van der Waals surface area (Å²) >= 11 is 1.58. The van der Waals surface area contributed by atoms with E-state index >= 15 is 0 Å². The average molecular weight is 385 g/mol. The smallest absolute Gasteiger partial charge is 0.233 e. The van der Waals surface area contributed by atoms with Crippen LogP contribution >= 0.6 is 11.8 Å². The first kappa shape index (κ1) is 18.0. The minimum Gasteiger partial charge on any atom is -0.324 e. The number of rotatable bonds is 7. The van der Waals surface area contributed by atoms with E-state index in [1.165, 1.54) is 5.56 Å². The van der Waals surface area contributed by atoms with Crippen LogP contribution in [0.3, 0.4) is 0 Å². The summed E-state index contributed by atoms with van der Waals surface area (Å²) < 4.78 is 0. The van der Waals surface area contributed by atoms with Crippen molar-refractivity contribution in [1.82, 2.24) is 15.0 Å². The Morgan fingerprint density at radius 3 is 1.54 bits per heavy atom.